The van der Waals surface area contributed by atoms with Gasteiger partial charge in [0.25, 0.3) is 0 Å². The van der Waals surface area contributed by atoms with Gasteiger partial charge >= 0.3 is 5.97 Å². The van der Waals surface area contributed by atoms with Gasteiger partial charge in [-0.25, -0.2) is 0 Å². The van der Waals surface area contributed by atoms with Crippen molar-refractivity contribution >= 4 is 23.3 Å². The molecule has 0 aromatic heterocycles. The van der Waals surface area contributed by atoms with Crippen LogP contribution >= 0.6 is 0 Å². The third kappa shape index (κ3) is 4.94. The Balaban J connectivity index is 2.02. The Morgan fingerprint density at radius 1 is 0.955 bits per heavy atom. The summed E-state index contributed by atoms with van der Waals surface area (Å²) in [6.07, 6.45) is -0.0203. The fraction of sp³-hybridized carbons (Fsp3) is 0.176. The maximum absolute atomic E-state index is 12.1. The highest BCUT2D eigenvalue weighted by Gasteiger charge is 2.13. The van der Waals surface area contributed by atoms with Crippen molar-refractivity contribution in [2.75, 3.05) is 23.3 Å². The standard InChI is InChI=1S/C17H18N2O3/c20-16(18-14-7-3-1-4-8-14)13-19(12-11-17(21)22)15-9-5-2-6-10-15/h1-10H,11-13H2,(H,18,20)(H,21,22). The Morgan fingerprint density at radius 3 is 2.14 bits per heavy atom. The lowest BCUT2D eigenvalue weighted by Crippen LogP contribution is -2.34. The number of carbonyl (C=O) groups is 2. The summed E-state index contributed by atoms with van der Waals surface area (Å²) in [4.78, 5) is 24.7. The fourth-order valence-corrected chi connectivity index (χ4v) is 2.06. The molecule has 1 amide bonds. The van der Waals surface area contributed by atoms with E-state index in [-0.39, 0.29) is 25.4 Å². The molecule has 2 rings (SSSR count). The zero-order chi connectivity index (χ0) is 15.8. The second-order valence-corrected chi connectivity index (χ2v) is 4.82. The molecule has 2 aromatic carbocycles. The lowest BCUT2D eigenvalue weighted by molar-refractivity contribution is -0.136. The Hall–Kier alpha value is -2.82. The number of carboxylic acid groups (broad SMARTS) is 1. The van der Waals surface area contributed by atoms with Gasteiger partial charge in [0, 0.05) is 17.9 Å². The van der Waals surface area contributed by atoms with Crippen LogP contribution in [0.1, 0.15) is 6.42 Å². The number of rotatable bonds is 7. The van der Waals surface area contributed by atoms with E-state index in [0.717, 1.165) is 11.4 Å². The van der Waals surface area contributed by atoms with Gasteiger partial charge in [-0.2, -0.15) is 0 Å². The van der Waals surface area contributed by atoms with Crippen LogP contribution < -0.4 is 10.2 Å². The van der Waals surface area contributed by atoms with Crippen LogP contribution in [0, 0.1) is 0 Å². The van der Waals surface area contributed by atoms with Crippen LogP contribution in [-0.2, 0) is 9.59 Å². The molecule has 0 aliphatic heterocycles. The third-order valence-corrected chi connectivity index (χ3v) is 3.11. The zero-order valence-corrected chi connectivity index (χ0v) is 12.1. The molecule has 0 aliphatic rings. The van der Waals surface area contributed by atoms with E-state index in [4.69, 9.17) is 5.11 Å². The highest BCUT2D eigenvalue weighted by atomic mass is 16.4. The Morgan fingerprint density at radius 2 is 1.55 bits per heavy atom. The predicted molar refractivity (Wildman–Crippen MR) is 86.0 cm³/mol. The SMILES string of the molecule is O=C(O)CCN(CC(=O)Nc1ccccc1)c1ccccc1. The van der Waals surface area contributed by atoms with Crippen LogP contribution in [0.5, 0.6) is 0 Å². The Labute approximate surface area is 129 Å². The Bertz CT molecular complexity index is 614. The largest absolute Gasteiger partial charge is 0.481 e. The van der Waals surface area contributed by atoms with Crippen molar-refractivity contribution in [3.63, 3.8) is 0 Å². The number of amides is 1. The highest BCUT2D eigenvalue weighted by Crippen LogP contribution is 2.14. The van der Waals surface area contributed by atoms with Crippen molar-refractivity contribution < 1.29 is 14.7 Å². The first-order valence-corrected chi connectivity index (χ1v) is 7.02. The zero-order valence-electron chi connectivity index (χ0n) is 12.1. The summed E-state index contributed by atoms with van der Waals surface area (Å²) < 4.78 is 0. The number of carboxylic acids is 1. The van der Waals surface area contributed by atoms with Crippen LogP contribution in [0.4, 0.5) is 11.4 Å². The van der Waals surface area contributed by atoms with Crippen LogP contribution in [0.2, 0.25) is 0 Å². The lowest BCUT2D eigenvalue weighted by atomic mass is 10.2. The van der Waals surface area contributed by atoms with E-state index in [2.05, 4.69) is 5.32 Å². The molecule has 2 aromatic rings. The molecule has 0 saturated carbocycles. The van der Waals surface area contributed by atoms with Crippen molar-refractivity contribution in [3.05, 3.63) is 60.7 Å². The smallest absolute Gasteiger partial charge is 0.305 e. The molecule has 0 saturated heterocycles. The third-order valence-electron chi connectivity index (χ3n) is 3.11. The van der Waals surface area contributed by atoms with Gasteiger partial charge in [0.15, 0.2) is 0 Å². The molecule has 5 nitrogen and oxygen atoms in total. The quantitative estimate of drug-likeness (QED) is 0.824. The average Bonchev–Trinajstić information content (AvgIpc) is 2.53. The van der Waals surface area contributed by atoms with Gasteiger partial charge in [-0.1, -0.05) is 36.4 Å². The van der Waals surface area contributed by atoms with E-state index < -0.39 is 5.97 Å². The van der Waals surface area contributed by atoms with Gasteiger partial charge in [0.05, 0.1) is 13.0 Å². The Kier molecular flexibility index (Phi) is 5.54. The molecule has 5 heteroatoms. The van der Waals surface area contributed by atoms with Crippen LogP contribution in [-0.4, -0.2) is 30.1 Å². The summed E-state index contributed by atoms with van der Waals surface area (Å²) >= 11 is 0. The van der Waals surface area contributed by atoms with Gasteiger partial charge in [-0.15, -0.1) is 0 Å². The van der Waals surface area contributed by atoms with Crippen LogP contribution in [0.25, 0.3) is 0 Å². The number of aliphatic carboxylic acids is 1. The first-order chi connectivity index (χ1) is 10.6. The van der Waals surface area contributed by atoms with Gasteiger partial charge in [0.1, 0.15) is 0 Å². The first-order valence-electron chi connectivity index (χ1n) is 7.02. The van der Waals surface area contributed by atoms with E-state index in [1.807, 2.05) is 60.7 Å². The second kappa shape index (κ2) is 7.83. The van der Waals surface area contributed by atoms with Gasteiger partial charge < -0.3 is 15.3 Å². The van der Waals surface area contributed by atoms with Crippen molar-refractivity contribution in [1.29, 1.82) is 0 Å². The molecule has 2 N–H and O–H groups in total. The number of carbonyl (C=O) groups excluding carboxylic acids is 1. The molecule has 0 radical (unpaired) electrons. The minimum atomic E-state index is -0.885. The number of anilines is 2. The number of hydrogen-bond acceptors (Lipinski definition) is 3. The topological polar surface area (TPSA) is 69.6 Å². The minimum absolute atomic E-state index is 0.0203. The summed E-state index contributed by atoms with van der Waals surface area (Å²) in [5, 5.41) is 11.7. The molecular formula is C17H18N2O3. The number of nitrogens with one attached hydrogen (secondary N) is 1. The molecule has 0 bridgehead atoms. The highest BCUT2D eigenvalue weighted by molar-refractivity contribution is 5.94. The van der Waals surface area contributed by atoms with E-state index in [9.17, 15) is 9.59 Å². The maximum atomic E-state index is 12.1. The van der Waals surface area contributed by atoms with E-state index in [1.165, 1.54) is 0 Å². The number of benzene rings is 2. The molecule has 114 valence electrons. The molecule has 22 heavy (non-hydrogen) atoms. The maximum Gasteiger partial charge on any atom is 0.305 e. The van der Waals surface area contributed by atoms with Crippen LogP contribution in [0.15, 0.2) is 60.7 Å². The van der Waals surface area contributed by atoms with Crippen LogP contribution in [0.3, 0.4) is 0 Å². The first kappa shape index (κ1) is 15.6. The number of hydrogen-bond donors (Lipinski definition) is 2. The minimum Gasteiger partial charge on any atom is -0.481 e. The van der Waals surface area contributed by atoms with Crippen molar-refractivity contribution in [2.45, 2.75) is 6.42 Å². The molecule has 0 aliphatic carbocycles. The average molecular weight is 298 g/mol. The second-order valence-electron chi connectivity index (χ2n) is 4.82. The molecule has 0 unspecified atom stereocenters. The van der Waals surface area contributed by atoms with E-state index in [1.54, 1.807) is 4.90 Å². The number of nitrogens with zero attached hydrogens (tertiary/aromatic N) is 1. The number of para-hydroxylation sites is 2. The fourth-order valence-electron chi connectivity index (χ4n) is 2.06. The summed E-state index contributed by atoms with van der Waals surface area (Å²) in [5.41, 5.74) is 1.55. The summed E-state index contributed by atoms with van der Waals surface area (Å²) in [6.45, 7) is 0.383. The van der Waals surface area contributed by atoms with Gasteiger partial charge in [0.2, 0.25) is 5.91 Å². The van der Waals surface area contributed by atoms with E-state index in [0.29, 0.717) is 0 Å². The van der Waals surface area contributed by atoms with Gasteiger partial charge in [-0.05, 0) is 24.3 Å². The molecule has 0 spiro atoms. The monoisotopic (exact) mass is 298 g/mol. The molecule has 0 atom stereocenters. The normalized spacial score (nSPS) is 10.0. The molecular weight excluding hydrogens is 280 g/mol. The van der Waals surface area contributed by atoms with Gasteiger partial charge in [-0.3, -0.25) is 9.59 Å². The summed E-state index contributed by atoms with van der Waals surface area (Å²) in [6, 6.07) is 18.5. The molecule has 0 heterocycles. The predicted octanol–water partition coefficient (Wildman–Crippen LogP) is 2.61. The van der Waals surface area contributed by atoms with E-state index >= 15 is 0 Å². The summed E-state index contributed by atoms with van der Waals surface area (Å²) in [7, 11) is 0. The van der Waals surface area contributed by atoms with Crippen molar-refractivity contribution in [1.82, 2.24) is 0 Å². The van der Waals surface area contributed by atoms with Crippen molar-refractivity contribution in [2.24, 2.45) is 0 Å². The lowest BCUT2D eigenvalue weighted by Gasteiger charge is -2.23. The van der Waals surface area contributed by atoms with Crippen molar-refractivity contribution in [3.8, 4) is 0 Å². The summed E-state index contributed by atoms with van der Waals surface area (Å²) in [5.74, 6) is -1.06. The molecule has 0 fully saturated rings.